The van der Waals surface area contributed by atoms with Crippen molar-refractivity contribution in [1.29, 1.82) is 0 Å². The third-order valence-electron chi connectivity index (χ3n) is 3.97. The summed E-state index contributed by atoms with van der Waals surface area (Å²) >= 11 is 0. The second kappa shape index (κ2) is 7.54. The van der Waals surface area contributed by atoms with Crippen molar-refractivity contribution >= 4 is 0 Å². The van der Waals surface area contributed by atoms with E-state index in [2.05, 4.69) is 39.8 Å². The molecule has 0 amide bonds. The van der Waals surface area contributed by atoms with Crippen molar-refractivity contribution in [1.82, 2.24) is 0 Å². The lowest BCUT2D eigenvalue weighted by Gasteiger charge is -2.30. The fourth-order valence-electron chi connectivity index (χ4n) is 2.25. The van der Waals surface area contributed by atoms with Crippen LogP contribution in [0.15, 0.2) is 24.3 Å². The molecule has 2 nitrogen and oxygen atoms in total. The van der Waals surface area contributed by atoms with E-state index < -0.39 is 0 Å². The molecule has 1 rings (SSSR count). The number of aliphatic hydroxyl groups excluding tert-OH is 1. The van der Waals surface area contributed by atoms with E-state index in [0.717, 1.165) is 18.1 Å². The lowest BCUT2D eigenvalue weighted by molar-refractivity contribution is 0.201. The van der Waals surface area contributed by atoms with Gasteiger partial charge in [-0.05, 0) is 41.9 Å². The van der Waals surface area contributed by atoms with Crippen molar-refractivity contribution in [3.05, 3.63) is 29.8 Å². The van der Waals surface area contributed by atoms with Gasteiger partial charge in [0, 0.05) is 0 Å². The summed E-state index contributed by atoms with van der Waals surface area (Å²) < 4.78 is 5.40. The van der Waals surface area contributed by atoms with Crippen molar-refractivity contribution in [2.45, 2.75) is 52.4 Å². The van der Waals surface area contributed by atoms with E-state index in [1.165, 1.54) is 18.4 Å². The maximum atomic E-state index is 8.75. The fourth-order valence-corrected chi connectivity index (χ4v) is 2.25. The van der Waals surface area contributed by atoms with Gasteiger partial charge in [-0.3, -0.25) is 0 Å². The second-order valence-corrected chi connectivity index (χ2v) is 5.94. The molecule has 0 aliphatic rings. The minimum Gasteiger partial charge on any atom is -0.491 e. The highest BCUT2D eigenvalue weighted by Gasteiger charge is 2.24. The van der Waals surface area contributed by atoms with E-state index in [1.54, 1.807) is 0 Å². The largest absolute Gasteiger partial charge is 0.491 e. The van der Waals surface area contributed by atoms with Crippen LogP contribution in [0.1, 0.15) is 52.5 Å². The van der Waals surface area contributed by atoms with Gasteiger partial charge in [-0.1, -0.05) is 46.2 Å². The zero-order valence-electron chi connectivity index (χ0n) is 12.8. The van der Waals surface area contributed by atoms with Crippen LogP contribution in [-0.2, 0) is 5.41 Å². The van der Waals surface area contributed by atoms with E-state index in [0.29, 0.717) is 6.61 Å². The molecule has 1 aromatic carbocycles. The zero-order valence-corrected chi connectivity index (χ0v) is 12.8. The molecule has 0 saturated carbocycles. The number of hydrogen-bond donors (Lipinski definition) is 1. The van der Waals surface area contributed by atoms with Crippen LogP contribution in [0.4, 0.5) is 0 Å². The van der Waals surface area contributed by atoms with Crippen LogP contribution < -0.4 is 4.74 Å². The Kier molecular flexibility index (Phi) is 6.36. The van der Waals surface area contributed by atoms with Gasteiger partial charge in [-0.15, -0.1) is 0 Å². The summed E-state index contributed by atoms with van der Waals surface area (Å²) in [5.41, 5.74) is 1.63. The Balaban J connectivity index is 2.74. The minimum absolute atomic E-state index is 0.0583. The molecule has 0 aromatic heterocycles. The summed E-state index contributed by atoms with van der Waals surface area (Å²) in [7, 11) is 0. The van der Waals surface area contributed by atoms with Crippen LogP contribution in [0, 0.1) is 5.92 Å². The van der Waals surface area contributed by atoms with Crippen LogP contribution >= 0.6 is 0 Å². The van der Waals surface area contributed by atoms with Gasteiger partial charge in [0.15, 0.2) is 0 Å². The Morgan fingerprint density at radius 1 is 1.21 bits per heavy atom. The van der Waals surface area contributed by atoms with E-state index in [4.69, 9.17) is 9.84 Å². The van der Waals surface area contributed by atoms with Gasteiger partial charge < -0.3 is 9.84 Å². The van der Waals surface area contributed by atoms with E-state index in [-0.39, 0.29) is 12.0 Å². The Bertz CT molecular complexity index is 356. The lowest BCUT2D eigenvalue weighted by atomic mass is 9.86. The lowest BCUT2D eigenvalue weighted by Crippen LogP contribution is -2.21. The van der Waals surface area contributed by atoms with Crippen molar-refractivity contribution in [3.63, 3.8) is 0 Å². The summed E-state index contributed by atoms with van der Waals surface area (Å²) in [6, 6.07) is 8.34. The molecular formula is C17H28O2. The zero-order chi connectivity index (χ0) is 14.3. The molecule has 2 heteroatoms. The molecule has 1 N–H and O–H groups in total. The number of ether oxygens (including phenoxy) is 1. The van der Waals surface area contributed by atoms with Gasteiger partial charge in [0.1, 0.15) is 12.4 Å². The predicted molar refractivity (Wildman–Crippen MR) is 80.7 cm³/mol. The van der Waals surface area contributed by atoms with Crippen molar-refractivity contribution in [3.8, 4) is 5.75 Å². The first-order valence-electron chi connectivity index (χ1n) is 7.36. The van der Waals surface area contributed by atoms with Gasteiger partial charge >= 0.3 is 0 Å². The van der Waals surface area contributed by atoms with Gasteiger partial charge in [0.05, 0.1) is 6.61 Å². The molecule has 108 valence electrons. The Hall–Kier alpha value is -1.02. The quantitative estimate of drug-likeness (QED) is 0.768. The summed E-state index contributed by atoms with van der Waals surface area (Å²) in [6.45, 7) is 9.58. The molecule has 1 atom stereocenters. The van der Waals surface area contributed by atoms with Crippen LogP contribution in [0.25, 0.3) is 0 Å². The van der Waals surface area contributed by atoms with Gasteiger partial charge in [0.25, 0.3) is 0 Å². The molecule has 0 heterocycles. The number of aliphatic hydroxyl groups is 1. The van der Waals surface area contributed by atoms with Crippen molar-refractivity contribution in [2.75, 3.05) is 13.2 Å². The maximum absolute atomic E-state index is 8.75. The number of hydrogen-bond acceptors (Lipinski definition) is 2. The Morgan fingerprint density at radius 2 is 1.84 bits per heavy atom. The molecule has 1 unspecified atom stereocenters. The molecule has 19 heavy (non-hydrogen) atoms. The van der Waals surface area contributed by atoms with E-state index in [1.807, 2.05) is 12.1 Å². The van der Waals surface area contributed by atoms with Crippen molar-refractivity contribution in [2.24, 2.45) is 5.92 Å². The Labute approximate surface area is 117 Å². The second-order valence-electron chi connectivity index (χ2n) is 5.94. The molecule has 0 aliphatic carbocycles. The van der Waals surface area contributed by atoms with Crippen LogP contribution in [0.3, 0.4) is 0 Å². The maximum Gasteiger partial charge on any atom is 0.119 e. The molecular weight excluding hydrogens is 242 g/mol. The highest BCUT2D eigenvalue weighted by molar-refractivity contribution is 5.32. The molecule has 0 aliphatic heterocycles. The Morgan fingerprint density at radius 3 is 2.32 bits per heavy atom. The third kappa shape index (κ3) is 4.87. The average molecular weight is 270 g/mol. The highest BCUT2D eigenvalue weighted by atomic mass is 16.6. The molecule has 0 spiro atoms. The number of rotatable bonds is 8. The first-order valence-corrected chi connectivity index (χ1v) is 7.36. The summed E-state index contributed by atoms with van der Waals surface area (Å²) in [5.74, 6) is 1.58. The van der Waals surface area contributed by atoms with Gasteiger partial charge in [-0.25, -0.2) is 0 Å². The predicted octanol–water partition coefficient (Wildman–Crippen LogP) is 4.16. The first-order chi connectivity index (χ1) is 9.01. The summed E-state index contributed by atoms with van der Waals surface area (Å²) in [4.78, 5) is 0. The molecule has 0 radical (unpaired) electrons. The average Bonchev–Trinajstić information content (AvgIpc) is 2.43. The van der Waals surface area contributed by atoms with Gasteiger partial charge in [-0.2, -0.15) is 0 Å². The molecule has 1 aromatic rings. The SMILES string of the molecule is CCC(C)(CCC(C)C)[13c]1[13cH][13cH][13c](OCCO)[13cH][13cH]1. The molecule has 0 saturated heterocycles. The monoisotopic (exact) mass is 270 g/mol. The van der Waals surface area contributed by atoms with Gasteiger partial charge in [0.2, 0.25) is 0 Å². The van der Waals surface area contributed by atoms with Crippen molar-refractivity contribution < 1.29 is 9.84 Å². The number of benzene rings is 1. The van der Waals surface area contributed by atoms with Crippen LogP contribution in [-0.4, -0.2) is 18.3 Å². The summed E-state index contributed by atoms with van der Waals surface area (Å²) in [5, 5.41) is 8.75. The normalized spacial score (nSPS) is 14.4. The smallest absolute Gasteiger partial charge is 0.119 e. The highest BCUT2D eigenvalue weighted by Crippen LogP contribution is 2.34. The topological polar surface area (TPSA) is 29.5 Å². The van der Waals surface area contributed by atoms with Crippen LogP contribution in [0.5, 0.6) is 5.75 Å². The van der Waals surface area contributed by atoms with E-state index in [9.17, 15) is 0 Å². The molecule has 0 fully saturated rings. The standard InChI is InChI=1S/C17H28O2/c1-5-17(4,11-10-14(2)3)15-6-8-16(9-7-15)19-13-12-18/h6-9,14,18H,5,10-13H2,1-4H3/i6+1,7+1,8+1,9+1,15+1,16+1. The summed E-state index contributed by atoms with van der Waals surface area (Å²) in [6.07, 6.45) is 3.63. The first kappa shape index (κ1) is 16.0. The van der Waals surface area contributed by atoms with Crippen LogP contribution in [0.2, 0.25) is 0 Å². The fraction of sp³-hybridized carbons (Fsp3) is 0.647. The van der Waals surface area contributed by atoms with E-state index >= 15 is 0 Å². The minimum atomic E-state index is 0.0583. The third-order valence-corrected chi connectivity index (χ3v) is 3.97. The molecule has 0 bridgehead atoms.